The Bertz CT molecular complexity index is 530. The molecule has 0 aromatic heterocycles. The summed E-state index contributed by atoms with van der Waals surface area (Å²) in [6, 6.07) is 10.5. The molecule has 0 saturated carbocycles. The molecule has 3 rings (SSSR count). The molecular formula is C14H20N2O2S. The third-order valence-electron chi connectivity index (χ3n) is 4.25. The molecule has 2 aliphatic heterocycles. The van der Waals surface area contributed by atoms with Crippen LogP contribution in [0.1, 0.15) is 5.56 Å². The lowest BCUT2D eigenvalue weighted by molar-refractivity contribution is 0.290. The summed E-state index contributed by atoms with van der Waals surface area (Å²) in [5, 5.41) is 0. The van der Waals surface area contributed by atoms with Crippen LogP contribution in [0, 0.1) is 11.8 Å². The average Bonchev–Trinajstić information content (AvgIpc) is 2.87. The lowest BCUT2D eigenvalue weighted by Crippen LogP contribution is -2.32. The number of likely N-dealkylation sites (tertiary alicyclic amines) is 1. The van der Waals surface area contributed by atoms with Gasteiger partial charge in [0.25, 0.3) is 0 Å². The Hall–Kier alpha value is -0.910. The van der Waals surface area contributed by atoms with Crippen molar-refractivity contribution in [2.24, 2.45) is 11.8 Å². The molecule has 0 unspecified atom stereocenters. The van der Waals surface area contributed by atoms with Crippen LogP contribution in [0.3, 0.4) is 0 Å². The molecule has 2 aliphatic rings. The van der Waals surface area contributed by atoms with E-state index in [1.165, 1.54) is 11.8 Å². The molecule has 0 N–H and O–H groups in total. The highest BCUT2D eigenvalue weighted by Crippen LogP contribution is 2.32. The number of rotatable bonds is 3. The Labute approximate surface area is 115 Å². The summed E-state index contributed by atoms with van der Waals surface area (Å²) in [6.07, 6.45) is 1.32. The lowest BCUT2D eigenvalue weighted by atomic mass is 10.0. The summed E-state index contributed by atoms with van der Waals surface area (Å²) in [5.74, 6) is 1.02. The molecule has 0 aliphatic carbocycles. The summed E-state index contributed by atoms with van der Waals surface area (Å²) < 4.78 is 24.7. The fraction of sp³-hybridized carbons (Fsp3) is 0.571. The van der Waals surface area contributed by atoms with E-state index >= 15 is 0 Å². The van der Waals surface area contributed by atoms with Gasteiger partial charge in [0.05, 0.1) is 6.26 Å². The normalized spacial score (nSPS) is 28.7. The number of fused-ring (bicyclic) bond motifs is 1. The number of sulfonamides is 1. The number of benzene rings is 1. The van der Waals surface area contributed by atoms with Crippen LogP contribution < -0.4 is 0 Å². The third-order valence-corrected chi connectivity index (χ3v) is 5.48. The van der Waals surface area contributed by atoms with E-state index in [4.69, 9.17) is 0 Å². The van der Waals surface area contributed by atoms with Gasteiger partial charge in [-0.1, -0.05) is 30.3 Å². The molecule has 4 nitrogen and oxygen atoms in total. The molecule has 19 heavy (non-hydrogen) atoms. The summed E-state index contributed by atoms with van der Waals surface area (Å²) in [7, 11) is -3.01. The number of hydrogen-bond donors (Lipinski definition) is 0. The smallest absolute Gasteiger partial charge is 0.211 e. The summed E-state index contributed by atoms with van der Waals surface area (Å²) in [6.45, 7) is 4.42. The van der Waals surface area contributed by atoms with Crippen LogP contribution in [0.5, 0.6) is 0 Å². The fourth-order valence-corrected chi connectivity index (χ4v) is 4.21. The van der Waals surface area contributed by atoms with Crippen LogP contribution in [-0.4, -0.2) is 50.1 Å². The third kappa shape index (κ3) is 2.83. The van der Waals surface area contributed by atoms with Crippen molar-refractivity contribution < 1.29 is 8.42 Å². The number of hydrogen-bond acceptors (Lipinski definition) is 3. The predicted octanol–water partition coefficient (Wildman–Crippen LogP) is 1.01. The molecule has 2 fully saturated rings. The summed E-state index contributed by atoms with van der Waals surface area (Å²) >= 11 is 0. The van der Waals surface area contributed by atoms with Crippen LogP contribution in [0.15, 0.2) is 30.3 Å². The first-order valence-corrected chi connectivity index (χ1v) is 8.58. The molecule has 2 saturated heterocycles. The van der Waals surface area contributed by atoms with Crippen LogP contribution in [0.4, 0.5) is 0 Å². The Balaban J connectivity index is 1.60. The second kappa shape index (κ2) is 4.89. The van der Waals surface area contributed by atoms with E-state index in [2.05, 4.69) is 29.2 Å². The second-order valence-corrected chi connectivity index (χ2v) is 7.76. The molecule has 0 bridgehead atoms. The zero-order valence-corrected chi connectivity index (χ0v) is 12.0. The van der Waals surface area contributed by atoms with E-state index in [9.17, 15) is 8.42 Å². The van der Waals surface area contributed by atoms with Gasteiger partial charge >= 0.3 is 0 Å². The van der Waals surface area contributed by atoms with Crippen molar-refractivity contribution in [3.63, 3.8) is 0 Å². The largest absolute Gasteiger partial charge is 0.298 e. The molecule has 0 amide bonds. The first kappa shape index (κ1) is 13.1. The second-order valence-electron chi connectivity index (χ2n) is 5.78. The maximum absolute atomic E-state index is 11.5. The Morgan fingerprint density at radius 3 is 2.16 bits per heavy atom. The maximum Gasteiger partial charge on any atom is 0.211 e. The van der Waals surface area contributed by atoms with Gasteiger partial charge in [-0.25, -0.2) is 12.7 Å². The van der Waals surface area contributed by atoms with Crippen molar-refractivity contribution >= 4 is 10.0 Å². The van der Waals surface area contributed by atoms with Gasteiger partial charge in [-0.3, -0.25) is 4.90 Å². The standard InChI is InChI=1S/C14H20N2O2S/c1-19(17,18)16-10-13-8-15(9-14(13)11-16)7-12-5-3-2-4-6-12/h2-6,13-14H,7-11H2,1H3/t13-,14-/m0/s1. The molecule has 2 atom stereocenters. The van der Waals surface area contributed by atoms with E-state index in [1.807, 2.05) is 6.07 Å². The highest BCUT2D eigenvalue weighted by molar-refractivity contribution is 7.88. The Morgan fingerprint density at radius 2 is 1.63 bits per heavy atom. The highest BCUT2D eigenvalue weighted by Gasteiger charge is 2.42. The molecule has 1 aromatic rings. The van der Waals surface area contributed by atoms with Gasteiger partial charge in [0.15, 0.2) is 0 Å². The van der Waals surface area contributed by atoms with Gasteiger partial charge in [0, 0.05) is 32.7 Å². The molecule has 2 heterocycles. The first-order valence-electron chi connectivity index (χ1n) is 6.74. The van der Waals surface area contributed by atoms with E-state index in [-0.39, 0.29) is 0 Å². The van der Waals surface area contributed by atoms with Gasteiger partial charge in [0.1, 0.15) is 0 Å². The van der Waals surface area contributed by atoms with Crippen LogP contribution in [0.25, 0.3) is 0 Å². The maximum atomic E-state index is 11.5. The van der Waals surface area contributed by atoms with E-state index in [0.29, 0.717) is 24.9 Å². The minimum absolute atomic E-state index is 0.512. The van der Waals surface area contributed by atoms with Gasteiger partial charge in [-0.05, 0) is 17.4 Å². The van der Waals surface area contributed by atoms with Crippen molar-refractivity contribution in [3.05, 3.63) is 35.9 Å². The van der Waals surface area contributed by atoms with E-state index in [1.54, 1.807) is 4.31 Å². The van der Waals surface area contributed by atoms with Gasteiger partial charge in [0.2, 0.25) is 10.0 Å². The predicted molar refractivity (Wildman–Crippen MR) is 75.1 cm³/mol. The molecule has 0 radical (unpaired) electrons. The Kier molecular flexibility index (Phi) is 3.37. The minimum atomic E-state index is -3.01. The van der Waals surface area contributed by atoms with Gasteiger partial charge in [-0.15, -0.1) is 0 Å². The van der Waals surface area contributed by atoms with Crippen molar-refractivity contribution in [1.82, 2.24) is 9.21 Å². The van der Waals surface area contributed by atoms with Crippen molar-refractivity contribution in [2.75, 3.05) is 32.4 Å². The zero-order chi connectivity index (χ0) is 13.5. The SMILES string of the molecule is CS(=O)(=O)N1C[C@@H]2CN(Cc3ccccc3)C[C@H]2C1. The molecular weight excluding hydrogens is 260 g/mol. The Morgan fingerprint density at radius 1 is 1.05 bits per heavy atom. The summed E-state index contributed by atoms with van der Waals surface area (Å²) in [4.78, 5) is 2.45. The lowest BCUT2D eigenvalue weighted by Gasteiger charge is -2.20. The highest BCUT2D eigenvalue weighted by atomic mass is 32.2. The average molecular weight is 280 g/mol. The van der Waals surface area contributed by atoms with Crippen molar-refractivity contribution in [1.29, 1.82) is 0 Å². The van der Waals surface area contributed by atoms with E-state index < -0.39 is 10.0 Å². The number of nitrogens with zero attached hydrogens (tertiary/aromatic N) is 2. The van der Waals surface area contributed by atoms with Crippen LogP contribution in [0.2, 0.25) is 0 Å². The van der Waals surface area contributed by atoms with Gasteiger partial charge < -0.3 is 0 Å². The molecule has 5 heteroatoms. The van der Waals surface area contributed by atoms with Crippen LogP contribution in [-0.2, 0) is 16.6 Å². The van der Waals surface area contributed by atoms with Crippen molar-refractivity contribution in [3.8, 4) is 0 Å². The van der Waals surface area contributed by atoms with E-state index in [0.717, 1.165) is 19.6 Å². The topological polar surface area (TPSA) is 40.6 Å². The first-order chi connectivity index (χ1) is 9.02. The molecule has 0 spiro atoms. The summed E-state index contributed by atoms with van der Waals surface area (Å²) in [5.41, 5.74) is 1.34. The molecule has 104 valence electrons. The van der Waals surface area contributed by atoms with Gasteiger partial charge in [-0.2, -0.15) is 0 Å². The van der Waals surface area contributed by atoms with Crippen molar-refractivity contribution in [2.45, 2.75) is 6.54 Å². The zero-order valence-electron chi connectivity index (χ0n) is 11.2. The van der Waals surface area contributed by atoms with Crippen LogP contribution >= 0.6 is 0 Å². The minimum Gasteiger partial charge on any atom is -0.298 e. The monoisotopic (exact) mass is 280 g/mol. The quantitative estimate of drug-likeness (QED) is 0.830. The molecule has 1 aromatic carbocycles. The fourth-order valence-electron chi connectivity index (χ4n) is 3.29.